The van der Waals surface area contributed by atoms with Crippen molar-refractivity contribution in [1.29, 1.82) is 0 Å². The van der Waals surface area contributed by atoms with E-state index >= 15 is 0 Å². The van der Waals surface area contributed by atoms with Crippen LogP contribution in [0.25, 0.3) is 21.7 Å². The number of nitrogens with zero attached hydrogens (tertiary/aromatic N) is 3. The predicted molar refractivity (Wildman–Crippen MR) is 116 cm³/mol. The molecule has 0 saturated carbocycles. The quantitative estimate of drug-likeness (QED) is 0.481. The number of hydrogen-bond donors (Lipinski definition) is 1. The molecule has 1 N–H and O–H groups in total. The first-order chi connectivity index (χ1) is 14.6. The van der Waals surface area contributed by atoms with Gasteiger partial charge in [-0.15, -0.1) is 0 Å². The molecule has 0 atom stereocenters. The molecular formula is C23H22N4O3. The number of para-hydroxylation sites is 1. The summed E-state index contributed by atoms with van der Waals surface area (Å²) in [6, 6.07) is 16.9. The van der Waals surface area contributed by atoms with Crippen LogP contribution in [0.3, 0.4) is 0 Å². The molecule has 0 saturated heterocycles. The molecule has 1 amide bonds. The third-order valence-electron chi connectivity index (χ3n) is 4.84. The lowest BCUT2D eigenvalue weighted by atomic mass is 10.1. The van der Waals surface area contributed by atoms with Gasteiger partial charge in [0.05, 0.1) is 17.7 Å². The molecule has 0 fully saturated rings. The number of rotatable bonds is 7. The summed E-state index contributed by atoms with van der Waals surface area (Å²) in [5.74, 6) is 0.466. The highest BCUT2D eigenvalue weighted by atomic mass is 16.5. The number of pyridine rings is 1. The zero-order valence-electron chi connectivity index (χ0n) is 16.7. The van der Waals surface area contributed by atoms with Crippen LogP contribution in [0, 0.1) is 6.92 Å². The first kappa shape index (κ1) is 19.6. The first-order valence-electron chi connectivity index (χ1n) is 9.83. The second kappa shape index (κ2) is 8.73. The molecule has 0 unspecified atom stereocenters. The van der Waals surface area contributed by atoms with E-state index in [2.05, 4.69) is 15.4 Å². The molecule has 30 heavy (non-hydrogen) atoms. The molecule has 4 aromatic rings. The molecular weight excluding hydrogens is 380 g/mol. The Kier molecular flexibility index (Phi) is 5.70. The van der Waals surface area contributed by atoms with Crippen molar-refractivity contribution < 1.29 is 9.53 Å². The fraction of sp³-hybridized carbons (Fsp3) is 0.217. The number of carbonyl (C=O) groups is 1. The fourth-order valence-electron chi connectivity index (χ4n) is 3.38. The summed E-state index contributed by atoms with van der Waals surface area (Å²) >= 11 is 0. The maximum absolute atomic E-state index is 12.6. The molecule has 0 aliphatic carbocycles. The van der Waals surface area contributed by atoms with Crippen LogP contribution < -0.4 is 15.6 Å². The molecule has 0 aliphatic heterocycles. The Morgan fingerprint density at radius 3 is 2.73 bits per heavy atom. The molecule has 2 aromatic heterocycles. The molecule has 0 bridgehead atoms. The van der Waals surface area contributed by atoms with Crippen LogP contribution in [0.15, 0.2) is 65.6 Å². The number of fused-ring (bicyclic) bond motifs is 2. The summed E-state index contributed by atoms with van der Waals surface area (Å²) in [6.07, 6.45) is 2.37. The van der Waals surface area contributed by atoms with Crippen LogP contribution in [0.4, 0.5) is 0 Å². The lowest BCUT2D eigenvalue weighted by Gasteiger charge is -2.10. The average molecular weight is 402 g/mol. The maximum Gasteiger partial charge on any atom is 0.275 e. The molecule has 2 heterocycles. The van der Waals surface area contributed by atoms with Gasteiger partial charge in [-0.2, -0.15) is 5.10 Å². The monoisotopic (exact) mass is 402 g/mol. The molecule has 7 nitrogen and oxygen atoms in total. The minimum atomic E-state index is -0.266. The van der Waals surface area contributed by atoms with Crippen LogP contribution in [0.1, 0.15) is 12.1 Å². The van der Waals surface area contributed by atoms with Crippen molar-refractivity contribution >= 4 is 27.6 Å². The molecule has 7 heteroatoms. The molecule has 0 aliphatic rings. The number of amides is 1. The minimum absolute atomic E-state index is 0.112. The Hall–Kier alpha value is -3.74. The van der Waals surface area contributed by atoms with Gasteiger partial charge in [0, 0.05) is 23.5 Å². The van der Waals surface area contributed by atoms with Crippen molar-refractivity contribution in [3.05, 3.63) is 76.8 Å². The van der Waals surface area contributed by atoms with Crippen LogP contribution in [0.5, 0.6) is 5.75 Å². The highest BCUT2D eigenvalue weighted by Crippen LogP contribution is 2.22. The number of aryl methyl sites for hydroxylation is 1. The van der Waals surface area contributed by atoms with Gasteiger partial charge in [-0.25, -0.2) is 4.68 Å². The maximum atomic E-state index is 12.6. The summed E-state index contributed by atoms with van der Waals surface area (Å²) in [6.45, 7) is 2.61. The predicted octanol–water partition coefficient (Wildman–Crippen LogP) is 2.84. The van der Waals surface area contributed by atoms with Crippen molar-refractivity contribution in [2.45, 2.75) is 19.9 Å². The van der Waals surface area contributed by atoms with Crippen LogP contribution >= 0.6 is 0 Å². The second-order valence-corrected chi connectivity index (χ2v) is 6.98. The van der Waals surface area contributed by atoms with E-state index in [1.54, 1.807) is 18.3 Å². The first-order valence-corrected chi connectivity index (χ1v) is 9.83. The van der Waals surface area contributed by atoms with Gasteiger partial charge in [0.1, 0.15) is 17.8 Å². The standard InChI is InChI=1S/C23H22N4O3/c1-16-18-9-2-3-10-19(18)23(29)27(26-16)15-21(28)24-13-6-14-30-20-11-4-7-17-8-5-12-25-22(17)20/h2-5,7-12H,6,13-15H2,1H3,(H,24,28). The molecule has 2 aromatic carbocycles. The number of carbonyl (C=O) groups excluding carboxylic acids is 1. The van der Waals surface area contributed by atoms with E-state index in [-0.39, 0.29) is 18.0 Å². The smallest absolute Gasteiger partial charge is 0.275 e. The fourth-order valence-corrected chi connectivity index (χ4v) is 3.38. The van der Waals surface area contributed by atoms with Crippen molar-refractivity contribution in [3.8, 4) is 5.75 Å². The van der Waals surface area contributed by atoms with E-state index in [0.717, 1.165) is 27.7 Å². The van der Waals surface area contributed by atoms with Gasteiger partial charge >= 0.3 is 0 Å². The number of nitrogens with one attached hydrogen (secondary N) is 1. The Labute approximate surface area is 173 Å². The average Bonchev–Trinajstić information content (AvgIpc) is 2.77. The Bertz CT molecular complexity index is 1260. The Morgan fingerprint density at radius 1 is 1.07 bits per heavy atom. The lowest BCUT2D eigenvalue weighted by Crippen LogP contribution is -2.34. The minimum Gasteiger partial charge on any atom is -0.491 e. The second-order valence-electron chi connectivity index (χ2n) is 6.98. The number of benzene rings is 2. The molecule has 0 radical (unpaired) electrons. The van der Waals surface area contributed by atoms with Crippen molar-refractivity contribution in [1.82, 2.24) is 20.1 Å². The van der Waals surface area contributed by atoms with Gasteiger partial charge in [-0.1, -0.05) is 36.4 Å². The normalized spacial score (nSPS) is 11.0. The highest BCUT2D eigenvalue weighted by molar-refractivity contribution is 5.84. The summed E-state index contributed by atoms with van der Waals surface area (Å²) in [5.41, 5.74) is 1.27. The SMILES string of the molecule is Cc1nn(CC(=O)NCCCOc2cccc3cccnc23)c(=O)c2ccccc12. The van der Waals surface area contributed by atoms with Crippen LogP contribution in [-0.4, -0.2) is 33.8 Å². The van der Waals surface area contributed by atoms with Gasteiger partial charge in [0.15, 0.2) is 0 Å². The van der Waals surface area contributed by atoms with E-state index < -0.39 is 0 Å². The van der Waals surface area contributed by atoms with E-state index in [1.165, 1.54) is 4.68 Å². The topological polar surface area (TPSA) is 86.1 Å². The van der Waals surface area contributed by atoms with E-state index in [0.29, 0.717) is 25.0 Å². The Morgan fingerprint density at radius 2 is 1.87 bits per heavy atom. The third-order valence-corrected chi connectivity index (χ3v) is 4.84. The van der Waals surface area contributed by atoms with Gasteiger partial charge in [0.25, 0.3) is 5.56 Å². The highest BCUT2D eigenvalue weighted by Gasteiger charge is 2.10. The lowest BCUT2D eigenvalue weighted by molar-refractivity contribution is -0.121. The third kappa shape index (κ3) is 4.15. The van der Waals surface area contributed by atoms with Gasteiger partial charge in [0.2, 0.25) is 5.91 Å². The molecule has 152 valence electrons. The number of ether oxygens (including phenoxy) is 1. The van der Waals surface area contributed by atoms with Crippen LogP contribution in [0.2, 0.25) is 0 Å². The van der Waals surface area contributed by atoms with Crippen molar-refractivity contribution in [2.75, 3.05) is 13.2 Å². The summed E-state index contributed by atoms with van der Waals surface area (Å²) in [4.78, 5) is 29.2. The van der Waals surface area contributed by atoms with E-state index in [9.17, 15) is 9.59 Å². The van der Waals surface area contributed by atoms with Gasteiger partial charge in [-0.05, 0) is 31.5 Å². The molecule has 0 spiro atoms. The number of aromatic nitrogens is 3. The van der Waals surface area contributed by atoms with Crippen molar-refractivity contribution in [3.63, 3.8) is 0 Å². The van der Waals surface area contributed by atoms with E-state index in [4.69, 9.17) is 4.74 Å². The summed E-state index contributed by atoms with van der Waals surface area (Å²) in [5, 5.41) is 9.47. The van der Waals surface area contributed by atoms with Gasteiger partial charge in [-0.3, -0.25) is 14.6 Å². The molecule has 4 rings (SSSR count). The zero-order chi connectivity index (χ0) is 20.9. The van der Waals surface area contributed by atoms with Crippen molar-refractivity contribution in [2.24, 2.45) is 0 Å². The van der Waals surface area contributed by atoms with Gasteiger partial charge < -0.3 is 10.1 Å². The van der Waals surface area contributed by atoms with Crippen LogP contribution in [-0.2, 0) is 11.3 Å². The Balaban J connectivity index is 1.30. The van der Waals surface area contributed by atoms with E-state index in [1.807, 2.05) is 49.4 Å². The summed E-state index contributed by atoms with van der Waals surface area (Å²) in [7, 11) is 0. The number of hydrogen-bond acceptors (Lipinski definition) is 5. The largest absolute Gasteiger partial charge is 0.491 e. The zero-order valence-corrected chi connectivity index (χ0v) is 16.7. The summed E-state index contributed by atoms with van der Waals surface area (Å²) < 4.78 is 7.03.